The number of carboxylic acids is 1. The third kappa shape index (κ3) is 4.49. The second-order valence-corrected chi connectivity index (χ2v) is 6.88. The molecule has 1 heterocycles. The van der Waals surface area contributed by atoms with Gasteiger partial charge in [0, 0.05) is 41.9 Å². The van der Waals surface area contributed by atoms with Crippen molar-refractivity contribution in [2.45, 2.75) is 26.7 Å². The number of urea groups is 1. The van der Waals surface area contributed by atoms with Gasteiger partial charge in [-0.25, -0.2) is 4.79 Å². The van der Waals surface area contributed by atoms with Crippen molar-refractivity contribution < 1.29 is 18.9 Å². The van der Waals surface area contributed by atoms with Crippen LogP contribution in [0.25, 0.3) is 0 Å². The maximum absolute atomic E-state index is 11.8. The smallest absolute Gasteiger partial charge is 0.317 e. The van der Waals surface area contributed by atoms with Crippen LogP contribution in [0.4, 0.5) is 4.79 Å². The Bertz CT molecular complexity index is 365. The maximum atomic E-state index is 11.8. The highest BCUT2D eigenvalue weighted by Crippen LogP contribution is 2.30. The topological polar surface area (TPSA) is 86.7 Å². The molecular weight excluding hydrogens is 268 g/mol. The predicted octanol–water partition coefficient (Wildman–Crippen LogP) is 0.651. The van der Waals surface area contributed by atoms with Crippen LogP contribution >= 0.6 is 0 Å². The number of aliphatic carboxylic acids is 1. The Morgan fingerprint density at radius 3 is 2.42 bits per heavy atom. The number of rotatable bonds is 5. The van der Waals surface area contributed by atoms with Gasteiger partial charge >= 0.3 is 12.0 Å². The SMILES string of the molecule is CCS(=O)CCNC(=O)N1CCC(C)(C(=O)O)CC1. The van der Waals surface area contributed by atoms with E-state index in [-0.39, 0.29) is 6.03 Å². The third-order valence-corrected chi connectivity index (χ3v) is 4.90. The number of piperidine rings is 1. The molecule has 6 nitrogen and oxygen atoms in total. The maximum Gasteiger partial charge on any atom is 0.317 e. The van der Waals surface area contributed by atoms with Gasteiger partial charge in [0.15, 0.2) is 0 Å². The van der Waals surface area contributed by atoms with E-state index in [1.54, 1.807) is 11.8 Å². The molecule has 0 spiro atoms. The van der Waals surface area contributed by atoms with Crippen LogP contribution in [0.2, 0.25) is 0 Å². The fourth-order valence-electron chi connectivity index (χ4n) is 1.95. The minimum atomic E-state index is -0.878. The minimum Gasteiger partial charge on any atom is -0.481 e. The van der Waals surface area contributed by atoms with Gasteiger partial charge in [-0.1, -0.05) is 6.92 Å². The van der Waals surface area contributed by atoms with Gasteiger partial charge in [0.1, 0.15) is 0 Å². The zero-order valence-corrected chi connectivity index (χ0v) is 12.3. The molecule has 110 valence electrons. The highest BCUT2D eigenvalue weighted by molar-refractivity contribution is 7.84. The number of carbonyl (C=O) groups is 2. The van der Waals surface area contributed by atoms with E-state index in [0.717, 1.165) is 0 Å². The number of nitrogens with one attached hydrogen (secondary N) is 1. The van der Waals surface area contributed by atoms with Crippen LogP contribution in [0.5, 0.6) is 0 Å². The molecule has 0 aliphatic carbocycles. The summed E-state index contributed by atoms with van der Waals surface area (Å²) in [7, 11) is -0.878. The Labute approximate surface area is 116 Å². The fraction of sp³-hybridized carbons (Fsp3) is 0.833. The molecule has 1 unspecified atom stereocenters. The second-order valence-electron chi connectivity index (χ2n) is 5.02. The number of nitrogens with zero attached hydrogens (tertiary/aromatic N) is 1. The molecule has 2 amide bonds. The normalized spacial score (nSPS) is 19.8. The zero-order chi connectivity index (χ0) is 14.5. The number of carboxylic acid groups (broad SMARTS) is 1. The van der Waals surface area contributed by atoms with Crippen molar-refractivity contribution in [3.63, 3.8) is 0 Å². The number of carbonyl (C=O) groups excluding carboxylic acids is 1. The largest absolute Gasteiger partial charge is 0.481 e. The molecule has 0 saturated carbocycles. The summed E-state index contributed by atoms with van der Waals surface area (Å²) in [6.45, 7) is 4.85. The Hall–Kier alpha value is -1.11. The molecular formula is C12H22N2O4S. The summed E-state index contributed by atoms with van der Waals surface area (Å²) >= 11 is 0. The van der Waals surface area contributed by atoms with E-state index < -0.39 is 22.2 Å². The molecule has 7 heteroatoms. The Morgan fingerprint density at radius 2 is 1.95 bits per heavy atom. The minimum absolute atomic E-state index is 0.194. The van der Waals surface area contributed by atoms with Crippen LogP contribution in [0.3, 0.4) is 0 Å². The molecule has 1 rings (SSSR count). The first-order valence-corrected chi connectivity index (χ1v) is 7.99. The molecule has 0 aromatic rings. The first-order valence-electron chi connectivity index (χ1n) is 6.50. The molecule has 1 fully saturated rings. The first kappa shape index (κ1) is 15.9. The molecule has 1 saturated heterocycles. The van der Waals surface area contributed by atoms with Crippen molar-refractivity contribution in [1.82, 2.24) is 10.2 Å². The summed E-state index contributed by atoms with van der Waals surface area (Å²) in [6, 6.07) is -0.194. The van der Waals surface area contributed by atoms with Crippen molar-refractivity contribution in [3.05, 3.63) is 0 Å². The summed E-state index contributed by atoms with van der Waals surface area (Å²) in [4.78, 5) is 24.5. The van der Waals surface area contributed by atoms with E-state index >= 15 is 0 Å². The van der Waals surface area contributed by atoms with E-state index in [4.69, 9.17) is 5.11 Å². The number of hydrogen-bond acceptors (Lipinski definition) is 3. The van der Waals surface area contributed by atoms with Crippen LogP contribution in [0.15, 0.2) is 0 Å². The highest BCUT2D eigenvalue weighted by Gasteiger charge is 2.37. The van der Waals surface area contributed by atoms with Gasteiger partial charge in [-0.3, -0.25) is 9.00 Å². The van der Waals surface area contributed by atoms with Crippen molar-refractivity contribution >= 4 is 22.8 Å². The van der Waals surface area contributed by atoms with Crippen molar-refractivity contribution in [2.24, 2.45) is 5.41 Å². The van der Waals surface area contributed by atoms with Crippen LogP contribution in [0.1, 0.15) is 26.7 Å². The van der Waals surface area contributed by atoms with E-state index in [9.17, 15) is 13.8 Å². The predicted molar refractivity (Wildman–Crippen MR) is 73.5 cm³/mol. The van der Waals surface area contributed by atoms with Gasteiger partial charge in [0.2, 0.25) is 0 Å². The lowest BCUT2D eigenvalue weighted by Gasteiger charge is -2.36. The van der Waals surface area contributed by atoms with Crippen LogP contribution in [0, 0.1) is 5.41 Å². The lowest BCUT2D eigenvalue weighted by molar-refractivity contribution is -0.150. The highest BCUT2D eigenvalue weighted by atomic mass is 32.2. The monoisotopic (exact) mass is 290 g/mol. The summed E-state index contributed by atoms with van der Waals surface area (Å²) in [6.07, 6.45) is 0.938. The molecule has 19 heavy (non-hydrogen) atoms. The second kappa shape index (κ2) is 6.88. The van der Waals surface area contributed by atoms with Gasteiger partial charge in [0.05, 0.1) is 5.41 Å². The molecule has 1 atom stereocenters. The van der Waals surface area contributed by atoms with Crippen LogP contribution in [-0.2, 0) is 15.6 Å². The Balaban J connectivity index is 2.33. The molecule has 0 aromatic heterocycles. The molecule has 0 radical (unpaired) electrons. The van der Waals surface area contributed by atoms with E-state index in [2.05, 4.69) is 5.32 Å². The van der Waals surface area contributed by atoms with Crippen molar-refractivity contribution in [1.29, 1.82) is 0 Å². The van der Waals surface area contributed by atoms with Crippen LogP contribution in [-0.4, -0.2) is 57.4 Å². The van der Waals surface area contributed by atoms with Gasteiger partial charge in [-0.15, -0.1) is 0 Å². The Kier molecular flexibility index (Phi) is 5.78. The standard InChI is InChI=1S/C12H22N2O4S/c1-3-19(18)9-6-13-11(17)14-7-4-12(2,5-8-14)10(15)16/h3-9H2,1-2H3,(H,13,17)(H,15,16). The lowest BCUT2D eigenvalue weighted by atomic mass is 9.80. The van der Waals surface area contributed by atoms with E-state index in [0.29, 0.717) is 44.0 Å². The first-order chi connectivity index (χ1) is 8.89. The quantitative estimate of drug-likeness (QED) is 0.778. The van der Waals surface area contributed by atoms with Crippen molar-refractivity contribution in [3.8, 4) is 0 Å². The van der Waals surface area contributed by atoms with Gasteiger partial charge in [0.25, 0.3) is 0 Å². The van der Waals surface area contributed by atoms with Gasteiger partial charge in [-0.2, -0.15) is 0 Å². The summed E-state index contributed by atoms with van der Waals surface area (Å²) in [5.74, 6) is 0.255. The number of amides is 2. The fourth-order valence-corrected chi connectivity index (χ4v) is 2.56. The van der Waals surface area contributed by atoms with Gasteiger partial charge in [-0.05, 0) is 19.8 Å². The van der Waals surface area contributed by atoms with E-state index in [1.165, 1.54) is 0 Å². The molecule has 1 aliphatic heterocycles. The van der Waals surface area contributed by atoms with Gasteiger partial charge < -0.3 is 15.3 Å². The van der Waals surface area contributed by atoms with E-state index in [1.807, 2.05) is 6.92 Å². The average molecular weight is 290 g/mol. The van der Waals surface area contributed by atoms with Crippen LogP contribution < -0.4 is 5.32 Å². The molecule has 0 aromatic carbocycles. The zero-order valence-electron chi connectivity index (χ0n) is 11.5. The molecule has 2 N–H and O–H groups in total. The Morgan fingerprint density at radius 1 is 1.37 bits per heavy atom. The third-order valence-electron chi connectivity index (χ3n) is 3.60. The number of hydrogen-bond donors (Lipinski definition) is 2. The average Bonchev–Trinajstić information content (AvgIpc) is 2.39. The summed E-state index contributed by atoms with van der Waals surface area (Å²) in [5, 5.41) is 11.8. The molecule has 0 bridgehead atoms. The number of likely N-dealkylation sites (tertiary alicyclic amines) is 1. The molecule has 1 aliphatic rings. The summed E-state index contributed by atoms with van der Waals surface area (Å²) in [5.41, 5.74) is -0.722. The lowest BCUT2D eigenvalue weighted by Crippen LogP contribution is -2.49. The summed E-state index contributed by atoms with van der Waals surface area (Å²) < 4.78 is 11.2. The van der Waals surface area contributed by atoms with Crippen molar-refractivity contribution in [2.75, 3.05) is 31.1 Å².